The predicted molar refractivity (Wildman–Crippen MR) is 69.3 cm³/mol. The molecular weight excluding hydrogens is 284 g/mol. The van der Waals surface area contributed by atoms with Gasteiger partial charge in [-0.2, -0.15) is 5.10 Å². The van der Waals surface area contributed by atoms with Crippen molar-refractivity contribution in [2.24, 2.45) is 0 Å². The summed E-state index contributed by atoms with van der Waals surface area (Å²) in [7, 11) is -2.38. The topological polar surface area (TPSA) is 117 Å². The zero-order chi connectivity index (χ0) is 14.6. The molecule has 9 heteroatoms. The summed E-state index contributed by atoms with van der Waals surface area (Å²) in [5, 5.41) is 15.2. The molecule has 0 unspecified atom stereocenters. The first-order chi connectivity index (χ1) is 9.56. The van der Waals surface area contributed by atoms with E-state index < -0.39 is 10.0 Å². The lowest BCUT2D eigenvalue weighted by atomic mass is 10.2. The number of benzene rings is 1. The lowest BCUT2D eigenvalue weighted by Gasteiger charge is -2.11. The molecule has 3 N–H and O–H groups in total. The van der Waals surface area contributed by atoms with Gasteiger partial charge in [0, 0.05) is 0 Å². The number of methoxy groups -OCH3 is 1. The van der Waals surface area contributed by atoms with Crippen molar-refractivity contribution in [2.45, 2.75) is 18.0 Å². The third-order valence-electron chi connectivity index (χ3n) is 2.59. The van der Waals surface area contributed by atoms with Gasteiger partial charge in [0.1, 0.15) is 22.8 Å². The highest BCUT2D eigenvalue weighted by Crippen LogP contribution is 2.25. The second-order valence-electron chi connectivity index (χ2n) is 3.90. The van der Waals surface area contributed by atoms with Crippen LogP contribution in [-0.4, -0.2) is 35.8 Å². The monoisotopic (exact) mass is 298 g/mol. The molecule has 0 aliphatic carbocycles. The standard InChI is InChI=1S/C11H14N4O4S/c1-19-9-4-8(6-16)2-3-10(9)20(17,18)14-5-11-12-7-13-15-11/h2-4,7,14,16H,5-6H2,1H3,(H,12,13,15). The van der Waals surface area contributed by atoms with Crippen molar-refractivity contribution >= 4 is 10.0 Å². The fraction of sp³-hybridized carbons (Fsp3) is 0.273. The highest BCUT2D eigenvalue weighted by atomic mass is 32.2. The van der Waals surface area contributed by atoms with Gasteiger partial charge in [-0.25, -0.2) is 18.1 Å². The number of aliphatic hydroxyl groups is 1. The van der Waals surface area contributed by atoms with Crippen LogP contribution in [0.1, 0.15) is 11.4 Å². The fourth-order valence-corrected chi connectivity index (χ4v) is 2.73. The van der Waals surface area contributed by atoms with Crippen LogP contribution in [0.2, 0.25) is 0 Å². The van der Waals surface area contributed by atoms with Crippen LogP contribution in [0.15, 0.2) is 29.4 Å². The zero-order valence-corrected chi connectivity index (χ0v) is 11.5. The molecule has 108 valence electrons. The van der Waals surface area contributed by atoms with E-state index in [9.17, 15) is 8.42 Å². The number of hydrogen-bond acceptors (Lipinski definition) is 6. The van der Waals surface area contributed by atoms with Crippen molar-refractivity contribution in [1.82, 2.24) is 19.9 Å². The van der Waals surface area contributed by atoms with Crippen LogP contribution in [0.4, 0.5) is 0 Å². The summed E-state index contributed by atoms with van der Waals surface area (Å²) >= 11 is 0. The van der Waals surface area contributed by atoms with Crippen LogP contribution in [0.5, 0.6) is 5.75 Å². The summed E-state index contributed by atoms with van der Waals surface area (Å²) in [5.74, 6) is 0.571. The van der Waals surface area contributed by atoms with Gasteiger partial charge in [0.05, 0.1) is 20.3 Å². The number of aromatic nitrogens is 3. The molecule has 0 atom stereocenters. The SMILES string of the molecule is COc1cc(CO)ccc1S(=O)(=O)NCc1ncn[nH]1. The van der Waals surface area contributed by atoms with E-state index in [1.165, 1.54) is 31.6 Å². The van der Waals surface area contributed by atoms with Gasteiger partial charge in [0.2, 0.25) is 10.0 Å². The Morgan fingerprint density at radius 1 is 1.45 bits per heavy atom. The largest absolute Gasteiger partial charge is 0.495 e. The lowest BCUT2D eigenvalue weighted by molar-refractivity contribution is 0.280. The molecule has 0 fully saturated rings. The maximum atomic E-state index is 12.2. The molecule has 20 heavy (non-hydrogen) atoms. The molecule has 0 bridgehead atoms. The molecule has 1 aromatic heterocycles. The van der Waals surface area contributed by atoms with Crippen LogP contribution in [0.3, 0.4) is 0 Å². The molecule has 1 heterocycles. The van der Waals surface area contributed by atoms with E-state index in [1.54, 1.807) is 0 Å². The van der Waals surface area contributed by atoms with Crippen molar-refractivity contribution in [1.29, 1.82) is 0 Å². The molecule has 2 rings (SSSR count). The minimum Gasteiger partial charge on any atom is -0.495 e. The van der Waals surface area contributed by atoms with Crippen LogP contribution in [0.25, 0.3) is 0 Å². The number of nitrogens with zero attached hydrogens (tertiary/aromatic N) is 2. The van der Waals surface area contributed by atoms with E-state index in [4.69, 9.17) is 9.84 Å². The molecule has 0 spiro atoms. The second kappa shape index (κ2) is 5.99. The Bertz CT molecular complexity index is 670. The Kier molecular flexibility index (Phi) is 4.32. The number of hydrogen-bond donors (Lipinski definition) is 3. The van der Waals surface area contributed by atoms with Gasteiger partial charge >= 0.3 is 0 Å². The van der Waals surface area contributed by atoms with Gasteiger partial charge < -0.3 is 9.84 Å². The lowest BCUT2D eigenvalue weighted by Crippen LogP contribution is -2.24. The van der Waals surface area contributed by atoms with Crippen LogP contribution in [0, 0.1) is 0 Å². The Labute approximate surface area is 115 Å². The number of aromatic amines is 1. The fourth-order valence-electron chi connectivity index (χ4n) is 1.59. The second-order valence-corrected chi connectivity index (χ2v) is 5.64. The van der Waals surface area contributed by atoms with Gasteiger partial charge in [0.25, 0.3) is 0 Å². The number of ether oxygens (including phenoxy) is 1. The Hall–Kier alpha value is -1.97. The smallest absolute Gasteiger partial charge is 0.244 e. The third-order valence-corrected chi connectivity index (χ3v) is 4.04. The van der Waals surface area contributed by atoms with E-state index in [0.29, 0.717) is 11.4 Å². The van der Waals surface area contributed by atoms with Crippen LogP contribution < -0.4 is 9.46 Å². The predicted octanol–water partition coefficient (Wildman–Crippen LogP) is -0.216. The number of sulfonamides is 1. The molecule has 2 aromatic rings. The quantitative estimate of drug-likeness (QED) is 0.679. The summed E-state index contributed by atoms with van der Waals surface area (Å²) in [6.07, 6.45) is 1.29. The van der Waals surface area contributed by atoms with Gasteiger partial charge in [-0.1, -0.05) is 6.07 Å². The molecule has 0 saturated heterocycles. The summed E-state index contributed by atoms with van der Waals surface area (Å²) < 4.78 is 31.8. The minimum atomic E-state index is -3.75. The van der Waals surface area contributed by atoms with Crippen molar-refractivity contribution in [3.8, 4) is 5.75 Å². The molecule has 0 radical (unpaired) electrons. The number of rotatable bonds is 6. The third kappa shape index (κ3) is 3.13. The maximum Gasteiger partial charge on any atom is 0.244 e. The molecule has 0 amide bonds. The normalized spacial score (nSPS) is 11.5. The van der Waals surface area contributed by atoms with Gasteiger partial charge in [0.15, 0.2) is 0 Å². The molecule has 8 nitrogen and oxygen atoms in total. The summed E-state index contributed by atoms with van der Waals surface area (Å²) in [4.78, 5) is 3.82. The highest BCUT2D eigenvalue weighted by Gasteiger charge is 2.19. The molecular formula is C11H14N4O4S. The number of aliphatic hydroxyl groups excluding tert-OH is 1. The van der Waals surface area contributed by atoms with Gasteiger partial charge in [-0.3, -0.25) is 5.10 Å². The first kappa shape index (κ1) is 14.4. The van der Waals surface area contributed by atoms with E-state index in [0.717, 1.165) is 0 Å². The van der Waals surface area contributed by atoms with E-state index in [2.05, 4.69) is 19.9 Å². The van der Waals surface area contributed by atoms with Crippen LogP contribution >= 0.6 is 0 Å². The summed E-state index contributed by atoms with van der Waals surface area (Å²) in [6, 6.07) is 4.38. The summed E-state index contributed by atoms with van der Waals surface area (Å²) in [5.41, 5.74) is 0.566. The van der Waals surface area contributed by atoms with E-state index >= 15 is 0 Å². The van der Waals surface area contributed by atoms with E-state index in [-0.39, 0.29) is 23.8 Å². The maximum absolute atomic E-state index is 12.2. The Morgan fingerprint density at radius 3 is 2.85 bits per heavy atom. The first-order valence-corrected chi connectivity index (χ1v) is 7.17. The van der Waals surface area contributed by atoms with Crippen molar-refractivity contribution in [3.63, 3.8) is 0 Å². The number of nitrogens with one attached hydrogen (secondary N) is 2. The van der Waals surface area contributed by atoms with Gasteiger partial charge in [-0.05, 0) is 17.7 Å². The first-order valence-electron chi connectivity index (χ1n) is 5.68. The van der Waals surface area contributed by atoms with E-state index in [1.807, 2.05) is 0 Å². The van der Waals surface area contributed by atoms with Crippen molar-refractivity contribution < 1.29 is 18.3 Å². The Balaban J connectivity index is 2.24. The van der Waals surface area contributed by atoms with Crippen LogP contribution in [-0.2, 0) is 23.2 Å². The van der Waals surface area contributed by atoms with Crippen molar-refractivity contribution in [2.75, 3.05) is 7.11 Å². The van der Waals surface area contributed by atoms with Gasteiger partial charge in [-0.15, -0.1) is 0 Å². The zero-order valence-electron chi connectivity index (χ0n) is 10.7. The summed E-state index contributed by atoms with van der Waals surface area (Å²) in [6.45, 7) is -0.199. The molecule has 0 aliphatic heterocycles. The molecule has 0 aliphatic rings. The Morgan fingerprint density at radius 2 is 2.25 bits per heavy atom. The average Bonchev–Trinajstić information content (AvgIpc) is 2.97. The molecule has 0 saturated carbocycles. The average molecular weight is 298 g/mol. The van der Waals surface area contributed by atoms with Crippen molar-refractivity contribution in [3.05, 3.63) is 35.9 Å². The molecule has 1 aromatic carbocycles. The highest BCUT2D eigenvalue weighted by molar-refractivity contribution is 7.89. The number of H-pyrrole nitrogens is 1. The minimum absolute atomic E-state index is 0.00304.